The van der Waals surface area contributed by atoms with E-state index in [1.54, 1.807) is 12.1 Å². The lowest BCUT2D eigenvalue weighted by Gasteiger charge is -2.19. The zero-order valence-electron chi connectivity index (χ0n) is 18.4. The summed E-state index contributed by atoms with van der Waals surface area (Å²) in [7, 11) is 0. The van der Waals surface area contributed by atoms with E-state index in [2.05, 4.69) is 23.8 Å². The van der Waals surface area contributed by atoms with Crippen molar-refractivity contribution in [3.05, 3.63) is 55.1 Å². The Morgan fingerprint density at radius 2 is 1.45 bits per heavy atom. The molecule has 2 amide bonds. The lowest BCUT2D eigenvalue weighted by atomic mass is 10.2. The van der Waals surface area contributed by atoms with Crippen LogP contribution in [0, 0.1) is 6.92 Å². The molecule has 0 aliphatic heterocycles. The molecule has 33 heavy (non-hydrogen) atoms. The maximum absolute atomic E-state index is 12.0. The molecule has 1 rings (SSSR count). The van der Waals surface area contributed by atoms with Gasteiger partial charge in [0.2, 0.25) is 0 Å². The average molecular weight is 464 g/mol. The summed E-state index contributed by atoms with van der Waals surface area (Å²) in [5.41, 5.74) is 0.873. The van der Waals surface area contributed by atoms with E-state index < -0.39 is 30.2 Å². The highest BCUT2D eigenvalue weighted by atomic mass is 16.6. The fourth-order valence-electron chi connectivity index (χ4n) is 2.16. The smallest absolute Gasteiger partial charge is 0.407 e. The van der Waals surface area contributed by atoms with Crippen molar-refractivity contribution >= 4 is 24.1 Å². The number of hydrogen-bond donors (Lipinski definition) is 2. The summed E-state index contributed by atoms with van der Waals surface area (Å²) in [5.74, 6) is -0.651. The first-order valence-electron chi connectivity index (χ1n) is 9.97. The molecule has 1 unspecified atom stereocenters. The Labute approximate surface area is 191 Å². The summed E-state index contributed by atoms with van der Waals surface area (Å²) < 4.78 is 25.4. The largest absolute Gasteiger partial charge is 0.489 e. The molecule has 180 valence electrons. The van der Waals surface area contributed by atoms with Crippen molar-refractivity contribution in [2.75, 3.05) is 39.5 Å². The second-order valence-corrected chi connectivity index (χ2v) is 6.30. The summed E-state index contributed by atoms with van der Waals surface area (Å²) in [5, 5.41) is 4.79. The maximum Gasteiger partial charge on any atom is 0.407 e. The SMILES string of the molecule is C=CC(=O)OCCNC(=O)OCC(COc1ccccc1C)OC(=O)NCCOC(=O)C=C. The molecule has 0 aliphatic carbocycles. The van der Waals surface area contributed by atoms with Crippen LogP contribution in [0.5, 0.6) is 5.75 Å². The molecule has 2 N–H and O–H groups in total. The molecule has 0 aliphatic rings. The molecule has 1 atom stereocenters. The summed E-state index contributed by atoms with van der Waals surface area (Å²) >= 11 is 0. The van der Waals surface area contributed by atoms with E-state index in [4.69, 9.17) is 23.7 Å². The molecule has 0 aromatic heterocycles. The number of aryl methyl sites for hydroxylation is 1. The van der Waals surface area contributed by atoms with Crippen LogP contribution in [-0.2, 0) is 28.5 Å². The number of esters is 2. The van der Waals surface area contributed by atoms with Crippen LogP contribution >= 0.6 is 0 Å². The van der Waals surface area contributed by atoms with Crippen molar-refractivity contribution in [1.29, 1.82) is 0 Å². The van der Waals surface area contributed by atoms with Crippen molar-refractivity contribution in [2.45, 2.75) is 13.0 Å². The Morgan fingerprint density at radius 1 is 0.879 bits per heavy atom. The summed E-state index contributed by atoms with van der Waals surface area (Å²) in [6.45, 7) is 7.88. The van der Waals surface area contributed by atoms with Crippen LogP contribution in [0.25, 0.3) is 0 Å². The number of ether oxygens (including phenoxy) is 5. The third kappa shape index (κ3) is 12.4. The number of alkyl carbamates (subject to hydrolysis) is 2. The number of amides is 2. The Morgan fingerprint density at radius 3 is 2.03 bits per heavy atom. The van der Waals surface area contributed by atoms with Crippen molar-refractivity contribution in [2.24, 2.45) is 0 Å². The van der Waals surface area contributed by atoms with Crippen molar-refractivity contribution in [1.82, 2.24) is 10.6 Å². The zero-order valence-corrected chi connectivity index (χ0v) is 18.4. The lowest BCUT2D eigenvalue weighted by Crippen LogP contribution is -2.38. The van der Waals surface area contributed by atoms with Crippen molar-refractivity contribution in [3.8, 4) is 5.75 Å². The van der Waals surface area contributed by atoms with Gasteiger partial charge in [-0.2, -0.15) is 0 Å². The molecule has 11 heteroatoms. The molecule has 0 saturated heterocycles. The van der Waals surface area contributed by atoms with Gasteiger partial charge in [-0.05, 0) is 18.6 Å². The third-order valence-electron chi connectivity index (χ3n) is 3.76. The van der Waals surface area contributed by atoms with Crippen LogP contribution in [0.1, 0.15) is 5.56 Å². The van der Waals surface area contributed by atoms with Gasteiger partial charge in [0.05, 0.1) is 13.1 Å². The molecule has 0 spiro atoms. The molecule has 0 fully saturated rings. The highest BCUT2D eigenvalue weighted by molar-refractivity contribution is 5.81. The third-order valence-corrected chi connectivity index (χ3v) is 3.76. The van der Waals surface area contributed by atoms with E-state index in [1.807, 2.05) is 19.1 Å². The number of hydrogen-bond acceptors (Lipinski definition) is 9. The van der Waals surface area contributed by atoms with E-state index in [1.165, 1.54) is 0 Å². The zero-order chi connectivity index (χ0) is 24.5. The molecule has 0 saturated carbocycles. The van der Waals surface area contributed by atoms with Gasteiger partial charge in [-0.1, -0.05) is 31.4 Å². The summed E-state index contributed by atoms with van der Waals surface area (Å²) in [6, 6.07) is 7.24. The highest BCUT2D eigenvalue weighted by Crippen LogP contribution is 2.16. The van der Waals surface area contributed by atoms with Crippen LogP contribution in [0.3, 0.4) is 0 Å². The molecule has 0 radical (unpaired) electrons. The van der Waals surface area contributed by atoms with Gasteiger partial charge in [0, 0.05) is 12.2 Å². The average Bonchev–Trinajstić information content (AvgIpc) is 2.81. The predicted molar refractivity (Wildman–Crippen MR) is 117 cm³/mol. The van der Waals surface area contributed by atoms with E-state index in [0.717, 1.165) is 17.7 Å². The summed E-state index contributed by atoms with van der Waals surface area (Å²) in [4.78, 5) is 45.8. The van der Waals surface area contributed by atoms with Crippen LogP contribution in [0.2, 0.25) is 0 Å². The van der Waals surface area contributed by atoms with Gasteiger partial charge in [0.15, 0.2) is 6.10 Å². The highest BCUT2D eigenvalue weighted by Gasteiger charge is 2.18. The minimum absolute atomic E-state index is 0.00849. The molecule has 0 bridgehead atoms. The van der Waals surface area contributed by atoms with Gasteiger partial charge < -0.3 is 34.3 Å². The molecular formula is C22H28N2O9. The van der Waals surface area contributed by atoms with Gasteiger partial charge in [-0.3, -0.25) is 0 Å². The molecule has 11 nitrogen and oxygen atoms in total. The van der Waals surface area contributed by atoms with Gasteiger partial charge >= 0.3 is 24.1 Å². The normalized spacial score (nSPS) is 10.7. The van der Waals surface area contributed by atoms with Crippen LogP contribution in [0.4, 0.5) is 9.59 Å². The number of carbonyl (C=O) groups is 4. The topological polar surface area (TPSA) is 138 Å². The lowest BCUT2D eigenvalue weighted by molar-refractivity contribution is -0.138. The Bertz CT molecular complexity index is 826. The predicted octanol–water partition coefficient (Wildman–Crippen LogP) is 1.65. The van der Waals surface area contributed by atoms with Gasteiger partial charge in [0.1, 0.15) is 32.2 Å². The fourth-order valence-corrected chi connectivity index (χ4v) is 2.16. The van der Waals surface area contributed by atoms with Gasteiger partial charge in [-0.25, -0.2) is 19.2 Å². The minimum Gasteiger partial charge on any atom is -0.489 e. The first-order chi connectivity index (χ1) is 15.8. The first-order valence-corrected chi connectivity index (χ1v) is 9.97. The second-order valence-electron chi connectivity index (χ2n) is 6.30. The van der Waals surface area contributed by atoms with E-state index in [9.17, 15) is 19.2 Å². The van der Waals surface area contributed by atoms with E-state index in [0.29, 0.717) is 5.75 Å². The van der Waals surface area contributed by atoms with Crippen molar-refractivity contribution in [3.63, 3.8) is 0 Å². The number of carbonyl (C=O) groups excluding carboxylic acids is 4. The number of nitrogens with one attached hydrogen (secondary N) is 2. The number of benzene rings is 1. The van der Waals surface area contributed by atoms with Gasteiger partial charge in [0.25, 0.3) is 0 Å². The van der Waals surface area contributed by atoms with Crippen LogP contribution in [-0.4, -0.2) is 69.7 Å². The summed E-state index contributed by atoms with van der Waals surface area (Å²) in [6.07, 6.45) is -0.550. The van der Waals surface area contributed by atoms with Gasteiger partial charge in [-0.15, -0.1) is 0 Å². The quantitative estimate of drug-likeness (QED) is 0.182. The number of rotatable bonds is 14. The van der Waals surface area contributed by atoms with Crippen LogP contribution < -0.4 is 15.4 Å². The Kier molecular flexibility index (Phi) is 12.9. The molecule has 0 heterocycles. The second kappa shape index (κ2) is 15.7. The van der Waals surface area contributed by atoms with Crippen molar-refractivity contribution < 1.29 is 42.9 Å². The van der Waals surface area contributed by atoms with E-state index in [-0.39, 0.29) is 39.5 Å². The minimum atomic E-state index is -0.940. The molecule has 1 aromatic carbocycles. The maximum atomic E-state index is 12.0. The first kappa shape index (κ1) is 27.0. The Balaban J connectivity index is 2.51. The fraction of sp³-hybridized carbons (Fsp3) is 0.364. The number of para-hydroxylation sites is 1. The standard InChI is InChI=1S/C22H28N2O9/c1-4-19(25)29-12-10-23-21(27)32-15-17(14-31-18-9-7-6-8-16(18)3)33-22(28)24-11-13-30-20(26)5-2/h4-9,17H,1-2,10-15H2,3H3,(H,23,27)(H,24,28). The Hall–Kier alpha value is -4.02. The molecule has 1 aromatic rings. The van der Waals surface area contributed by atoms with E-state index >= 15 is 0 Å². The monoisotopic (exact) mass is 464 g/mol. The molecular weight excluding hydrogens is 436 g/mol. The van der Waals surface area contributed by atoms with Crippen LogP contribution in [0.15, 0.2) is 49.6 Å².